The number of carbonyl (C=O) groups excluding carboxylic acids is 1. The lowest BCUT2D eigenvalue weighted by Crippen LogP contribution is -2.37. The van der Waals surface area contributed by atoms with E-state index < -0.39 is 0 Å². The molecule has 0 atom stereocenters. The zero-order valence-corrected chi connectivity index (χ0v) is 13.0. The minimum Gasteiger partial charge on any atom is -0.475 e. The van der Waals surface area contributed by atoms with E-state index in [0.717, 1.165) is 5.69 Å². The van der Waals surface area contributed by atoms with Gasteiger partial charge in [0, 0.05) is 17.8 Å². The number of hydrogen-bond donors (Lipinski definition) is 0. The highest BCUT2D eigenvalue weighted by molar-refractivity contribution is 5.75. The molecule has 0 aliphatic rings. The molecule has 1 rings (SSSR count). The highest BCUT2D eigenvalue weighted by atomic mass is 16.5. The van der Waals surface area contributed by atoms with Gasteiger partial charge in [-0.1, -0.05) is 0 Å². The Kier molecular flexibility index (Phi) is 5.73. The van der Waals surface area contributed by atoms with Gasteiger partial charge in [-0.15, -0.1) is 0 Å². The lowest BCUT2D eigenvalue weighted by molar-refractivity contribution is -0.139. The van der Waals surface area contributed by atoms with E-state index in [9.17, 15) is 4.79 Å². The normalized spacial score (nSPS) is 10.8. The molecule has 0 unspecified atom stereocenters. The molecule has 112 valence electrons. The van der Waals surface area contributed by atoms with Gasteiger partial charge in [-0.2, -0.15) is 4.98 Å². The van der Waals surface area contributed by atoms with Crippen LogP contribution in [-0.2, 0) is 9.53 Å². The average molecular weight is 281 g/mol. The fourth-order valence-electron chi connectivity index (χ4n) is 1.64. The van der Waals surface area contributed by atoms with Crippen LogP contribution in [0.2, 0.25) is 0 Å². The molecular weight excluding hydrogens is 258 g/mol. The molecule has 6 heteroatoms. The van der Waals surface area contributed by atoms with Gasteiger partial charge in [-0.25, -0.2) is 4.98 Å². The maximum Gasteiger partial charge on any atom is 0.325 e. The summed E-state index contributed by atoms with van der Waals surface area (Å²) in [6.45, 7) is 9.79. The fraction of sp³-hybridized carbons (Fsp3) is 0.643. The van der Waals surface area contributed by atoms with E-state index in [1.807, 2.05) is 34.6 Å². The fourth-order valence-corrected chi connectivity index (χ4v) is 1.64. The van der Waals surface area contributed by atoms with E-state index in [4.69, 9.17) is 9.47 Å². The molecule has 0 saturated heterocycles. The van der Waals surface area contributed by atoms with Gasteiger partial charge in [0.1, 0.15) is 6.54 Å². The Morgan fingerprint density at radius 2 is 1.95 bits per heavy atom. The van der Waals surface area contributed by atoms with Crippen LogP contribution in [0.3, 0.4) is 0 Å². The highest BCUT2D eigenvalue weighted by Gasteiger charge is 2.19. The molecular formula is C14H23N3O3. The summed E-state index contributed by atoms with van der Waals surface area (Å²) in [6, 6.07) is 1.85. The number of rotatable bonds is 6. The standard InChI is InChI=1S/C14H23N3O3/c1-9(2)17(8-13(18)19-6)14-15-11(5)7-12(16-14)20-10(3)4/h7,9-10H,8H2,1-6H3. The Hall–Kier alpha value is -1.85. The number of hydrogen-bond acceptors (Lipinski definition) is 6. The van der Waals surface area contributed by atoms with Crippen LogP contribution < -0.4 is 9.64 Å². The first-order chi connectivity index (χ1) is 9.33. The van der Waals surface area contributed by atoms with Gasteiger partial charge in [-0.05, 0) is 34.6 Å². The molecule has 0 saturated carbocycles. The van der Waals surface area contributed by atoms with E-state index in [-0.39, 0.29) is 24.7 Å². The van der Waals surface area contributed by atoms with Gasteiger partial charge in [0.2, 0.25) is 11.8 Å². The SMILES string of the molecule is COC(=O)CN(c1nc(C)cc(OC(C)C)n1)C(C)C. The molecule has 0 fully saturated rings. The van der Waals surface area contributed by atoms with Crippen LogP contribution in [0.5, 0.6) is 5.88 Å². The van der Waals surface area contributed by atoms with Gasteiger partial charge in [-0.3, -0.25) is 4.79 Å². The van der Waals surface area contributed by atoms with Crippen molar-refractivity contribution in [3.63, 3.8) is 0 Å². The van der Waals surface area contributed by atoms with Crippen LogP contribution >= 0.6 is 0 Å². The van der Waals surface area contributed by atoms with E-state index in [0.29, 0.717) is 11.8 Å². The van der Waals surface area contributed by atoms with Gasteiger partial charge >= 0.3 is 5.97 Å². The predicted octanol–water partition coefficient (Wildman–Crippen LogP) is 1.96. The first-order valence-electron chi connectivity index (χ1n) is 6.69. The van der Waals surface area contributed by atoms with Crippen molar-refractivity contribution in [2.75, 3.05) is 18.6 Å². The molecule has 1 aromatic rings. The molecule has 0 aliphatic carbocycles. The van der Waals surface area contributed by atoms with Gasteiger partial charge < -0.3 is 14.4 Å². The van der Waals surface area contributed by atoms with E-state index in [2.05, 4.69) is 9.97 Å². The number of nitrogens with zero attached hydrogens (tertiary/aromatic N) is 3. The van der Waals surface area contributed by atoms with Crippen molar-refractivity contribution in [2.24, 2.45) is 0 Å². The van der Waals surface area contributed by atoms with Crippen LogP contribution in [0.1, 0.15) is 33.4 Å². The number of anilines is 1. The third-order valence-corrected chi connectivity index (χ3v) is 2.58. The van der Waals surface area contributed by atoms with Crippen molar-refractivity contribution in [3.8, 4) is 5.88 Å². The molecule has 0 amide bonds. The summed E-state index contributed by atoms with van der Waals surface area (Å²) in [7, 11) is 1.37. The molecule has 0 aromatic carbocycles. The zero-order chi connectivity index (χ0) is 15.3. The van der Waals surface area contributed by atoms with E-state index >= 15 is 0 Å². The molecule has 1 aromatic heterocycles. The van der Waals surface area contributed by atoms with Crippen molar-refractivity contribution in [3.05, 3.63) is 11.8 Å². The van der Waals surface area contributed by atoms with Crippen molar-refractivity contribution in [1.29, 1.82) is 0 Å². The summed E-state index contributed by atoms with van der Waals surface area (Å²) >= 11 is 0. The van der Waals surface area contributed by atoms with Crippen LogP contribution in [0.25, 0.3) is 0 Å². The Balaban J connectivity index is 3.06. The topological polar surface area (TPSA) is 64.5 Å². The Labute approximate surface area is 120 Å². The van der Waals surface area contributed by atoms with E-state index in [1.54, 1.807) is 11.0 Å². The van der Waals surface area contributed by atoms with Crippen LogP contribution in [0, 0.1) is 6.92 Å². The molecule has 0 spiro atoms. The lowest BCUT2D eigenvalue weighted by Gasteiger charge is -2.26. The summed E-state index contributed by atoms with van der Waals surface area (Å²) in [4.78, 5) is 22.0. The van der Waals surface area contributed by atoms with Crippen molar-refractivity contribution in [2.45, 2.75) is 46.8 Å². The zero-order valence-electron chi connectivity index (χ0n) is 13.0. The third kappa shape index (κ3) is 4.68. The predicted molar refractivity (Wildman–Crippen MR) is 77.0 cm³/mol. The summed E-state index contributed by atoms with van der Waals surface area (Å²) in [5.41, 5.74) is 0.793. The first kappa shape index (κ1) is 16.2. The smallest absolute Gasteiger partial charge is 0.325 e. The molecule has 0 N–H and O–H groups in total. The second kappa shape index (κ2) is 7.07. The monoisotopic (exact) mass is 281 g/mol. The van der Waals surface area contributed by atoms with Crippen molar-refractivity contribution < 1.29 is 14.3 Å². The van der Waals surface area contributed by atoms with Crippen molar-refractivity contribution in [1.82, 2.24) is 9.97 Å². The molecule has 0 bridgehead atoms. The second-order valence-corrected chi connectivity index (χ2v) is 5.11. The van der Waals surface area contributed by atoms with Gasteiger partial charge in [0.05, 0.1) is 13.2 Å². The minimum absolute atomic E-state index is 0.0326. The third-order valence-electron chi connectivity index (χ3n) is 2.58. The van der Waals surface area contributed by atoms with Crippen molar-refractivity contribution >= 4 is 11.9 Å². The maximum absolute atomic E-state index is 11.5. The Morgan fingerprint density at radius 3 is 2.45 bits per heavy atom. The summed E-state index contributed by atoms with van der Waals surface area (Å²) < 4.78 is 10.3. The maximum atomic E-state index is 11.5. The first-order valence-corrected chi connectivity index (χ1v) is 6.69. The summed E-state index contributed by atoms with van der Waals surface area (Å²) in [5, 5.41) is 0. The highest BCUT2D eigenvalue weighted by Crippen LogP contribution is 2.18. The average Bonchev–Trinajstić information content (AvgIpc) is 2.33. The summed E-state index contributed by atoms with van der Waals surface area (Å²) in [5.74, 6) is 0.661. The molecule has 20 heavy (non-hydrogen) atoms. The number of aromatic nitrogens is 2. The van der Waals surface area contributed by atoms with Crippen LogP contribution in [0.15, 0.2) is 6.07 Å². The second-order valence-electron chi connectivity index (χ2n) is 5.11. The number of methoxy groups -OCH3 is 1. The van der Waals surface area contributed by atoms with Crippen LogP contribution in [0.4, 0.5) is 5.95 Å². The quantitative estimate of drug-likeness (QED) is 0.743. The number of esters is 1. The lowest BCUT2D eigenvalue weighted by atomic mass is 10.3. The van der Waals surface area contributed by atoms with E-state index in [1.165, 1.54) is 7.11 Å². The Bertz CT molecular complexity index is 461. The minimum atomic E-state index is -0.324. The van der Waals surface area contributed by atoms with Gasteiger partial charge in [0.15, 0.2) is 0 Å². The number of carbonyl (C=O) groups is 1. The Morgan fingerprint density at radius 1 is 1.30 bits per heavy atom. The number of aryl methyl sites for hydroxylation is 1. The largest absolute Gasteiger partial charge is 0.475 e. The molecule has 0 aliphatic heterocycles. The van der Waals surface area contributed by atoms with Gasteiger partial charge in [0.25, 0.3) is 0 Å². The summed E-state index contributed by atoms with van der Waals surface area (Å²) in [6.07, 6.45) is 0.0326. The molecule has 0 radical (unpaired) electrons. The molecule has 6 nitrogen and oxygen atoms in total. The van der Waals surface area contributed by atoms with Crippen LogP contribution in [-0.4, -0.2) is 41.7 Å². The molecule has 1 heterocycles. The number of ether oxygens (including phenoxy) is 2.